The number of likely N-dealkylation sites (tertiary alicyclic amines) is 1. The van der Waals surface area contributed by atoms with Gasteiger partial charge in [0.05, 0.1) is 31.2 Å². The van der Waals surface area contributed by atoms with Crippen LogP contribution in [0.3, 0.4) is 0 Å². The zero-order chi connectivity index (χ0) is 35.0. The number of nitrogens with one attached hydrogen (secondary N) is 1. The third-order valence-electron chi connectivity index (χ3n) is 8.68. The molecule has 0 unspecified atom stereocenters. The number of amides is 3. The van der Waals surface area contributed by atoms with Gasteiger partial charge in [-0.3, -0.25) is 14.5 Å². The van der Waals surface area contributed by atoms with Crippen molar-refractivity contribution in [3.63, 3.8) is 0 Å². The molecule has 0 aliphatic carbocycles. The molecule has 4 atom stereocenters. The van der Waals surface area contributed by atoms with Gasteiger partial charge >= 0.3 is 6.09 Å². The molecule has 11 heteroatoms. The van der Waals surface area contributed by atoms with Crippen molar-refractivity contribution in [1.82, 2.24) is 10.2 Å². The van der Waals surface area contributed by atoms with Crippen molar-refractivity contribution in [1.29, 1.82) is 0 Å². The number of benzene rings is 1. The number of rotatable bonds is 16. The highest BCUT2D eigenvalue weighted by Crippen LogP contribution is 2.50. The van der Waals surface area contributed by atoms with Gasteiger partial charge in [-0.25, -0.2) is 4.79 Å². The van der Waals surface area contributed by atoms with E-state index in [1.807, 2.05) is 32.0 Å². The lowest BCUT2D eigenvalue weighted by Gasteiger charge is -2.41. The number of methoxy groups -OCH3 is 2. The minimum atomic E-state index is -1.98. The molecule has 46 heavy (non-hydrogen) atoms. The van der Waals surface area contributed by atoms with Crippen LogP contribution in [-0.4, -0.2) is 79.1 Å². The van der Waals surface area contributed by atoms with E-state index >= 15 is 0 Å². The first-order valence-electron chi connectivity index (χ1n) is 16.4. The lowest BCUT2D eigenvalue weighted by Crippen LogP contribution is -2.61. The van der Waals surface area contributed by atoms with Crippen molar-refractivity contribution < 1.29 is 38.4 Å². The van der Waals surface area contributed by atoms with Crippen molar-refractivity contribution >= 4 is 17.9 Å². The minimum Gasteiger partial charge on any atom is -0.493 e. The smallest absolute Gasteiger partial charge is 0.411 e. The molecule has 1 aromatic rings. The molecule has 1 heterocycles. The van der Waals surface area contributed by atoms with Gasteiger partial charge < -0.3 is 35.1 Å². The molecule has 0 bridgehead atoms. The van der Waals surface area contributed by atoms with Gasteiger partial charge in [0.2, 0.25) is 5.91 Å². The molecule has 0 spiro atoms. The maximum absolute atomic E-state index is 14.2. The first-order valence-corrected chi connectivity index (χ1v) is 16.4. The first kappa shape index (κ1) is 39.1. The van der Waals surface area contributed by atoms with Gasteiger partial charge in [-0.2, -0.15) is 0 Å². The van der Waals surface area contributed by atoms with E-state index in [4.69, 9.17) is 24.7 Å². The van der Waals surface area contributed by atoms with Crippen LogP contribution >= 0.6 is 0 Å². The molecule has 0 aromatic heterocycles. The summed E-state index contributed by atoms with van der Waals surface area (Å²) in [4.78, 5) is 41.9. The Kier molecular flexibility index (Phi) is 13.8. The quantitative estimate of drug-likeness (QED) is 0.206. The van der Waals surface area contributed by atoms with Crippen molar-refractivity contribution in [2.75, 3.05) is 34.0 Å². The van der Waals surface area contributed by atoms with E-state index in [1.165, 1.54) is 0 Å². The Balaban J connectivity index is 2.73. The van der Waals surface area contributed by atoms with Gasteiger partial charge in [0.15, 0.2) is 17.1 Å². The lowest BCUT2D eigenvalue weighted by molar-refractivity contribution is -0.149. The van der Waals surface area contributed by atoms with E-state index in [-0.39, 0.29) is 30.7 Å². The van der Waals surface area contributed by atoms with Gasteiger partial charge in [-0.05, 0) is 89.3 Å². The van der Waals surface area contributed by atoms with Gasteiger partial charge in [0.25, 0.3) is 5.91 Å². The van der Waals surface area contributed by atoms with Gasteiger partial charge in [0.1, 0.15) is 5.60 Å². The molecule has 4 N–H and O–H groups in total. The third kappa shape index (κ3) is 9.97. The molecule has 262 valence electrons. The maximum atomic E-state index is 14.2. The Bertz CT molecular complexity index is 1180. The van der Waals surface area contributed by atoms with Crippen molar-refractivity contribution in [2.24, 2.45) is 28.9 Å². The van der Waals surface area contributed by atoms with Crippen LogP contribution in [0.4, 0.5) is 4.79 Å². The van der Waals surface area contributed by atoms with E-state index in [1.54, 1.807) is 53.7 Å². The predicted molar refractivity (Wildman–Crippen MR) is 178 cm³/mol. The fourth-order valence-corrected chi connectivity index (χ4v) is 5.78. The summed E-state index contributed by atoms with van der Waals surface area (Å²) in [5.41, 5.74) is 2.49. The molecule has 1 aromatic carbocycles. The van der Waals surface area contributed by atoms with Crippen LogP contribution < -0.4 is 20.5 Å². The first-order chi connectivity index (χ1) is 21.3. The van der Waals surface area contributed by atoms with E-state index in [0.717, 1.165) is 5.56 Å². The average Bonchev–Trinajstić information content (AvgIpc) is 3.38. The zero-order valence-electron chi connectivity index (χ0n) is 29.9. The standard InChI is InChI=1S/C35H59N3O8/c1-22(2)15-16-35(42,31(40)37-21-34(8,9)30(36)39)28-20-25(23(3)4)29(38(28)32(41)46-33(5,6)7)24-13-14-26(44-11)27(19-24)45-18-12-17-43-10/h13-14,19,22-23,25,28-29,42H,12,15-18,20-21H2,1-11H3,(H2,36,39)(H,37,40)/t25-,28-,29-,35-/m0/s1. The molecule has 1 aliphatic heterocycles. The third-order valence-corrected chi connectivity index (χ3v) is 8.68. The van der Waals surface area contributed by atoms with Gasteiger partial charge in [-0.15, -0.1) is 0 Å². The number of nitrogens with zero attached hydrogens (tertiary/aromatic N) is 1. The normalized spacial score (nSPS) is 20.0. The summed E-state index contributed by atoms with van der Waals surface area (Å²) < 4.78 is 22.8. The summed E-state index contributed by atoms with van der Waals surface area (Å²) in [5.74, 6) is -0.0605. The molecule has 1 saturated heterocycles. The van der Waals surface area contributed by atoms with Crippen LogP contribution in [0.1, 0.15) is 99.6 Å². The number of primary amides is 1. The summed E-state index contributed by atoms with van der Waals surface area (Å²) in [6.07, 6.45) is 1.03. The molecular formula is C35H59N3O8. The second-order valence-corrected chi connectivity index (χ2v) is 14.9. The monoisotopic (exact) mass is 649 g/mol. The molecule has 1 fully saturated rings. The Morgan fingerprint density at radius 2 is 1.70 bits per heavy atom. The summed E-state index contributed by atoms with van der Waals surface area (Å²) in [5, 5.41) is 15.3. The van der Waals surface area contributed by atoms with Crippen LogP contribution in [0, 0.1) is 23.2 Å². The Labute approximate surface area is 275 Å². The number of carbonyl (C=O) groups is 3. The van der Waals surface area contributed by atoms with E-state index in [2.05, 4.69) is 19.2 Å². The fourth-order valence-electron chi connectivity index (χ4n) is 5.78. The molecule has 2 rings (SSSR count). The average molecular weight is 650 g/mol. The topological polar surface area (TPSA) is 150 Å². The number of nitrogens with two attached hydrogens (primary N) is 1. The highest BCUT2D eigenvalue weighted by molar-refractivity contribution is 5.88. The Hall–Kier alpha value is -3.05. The number of ether oxygens (including phenoxy) is 4. The van der Waals surface area contributed by atoms with Crippen LogP contribution in [0.25, 0.3) is 0 Å². The molecule has 0 radical (unpaired) electrons. The van der Waals surface area contributed by atoms with Crippen LogP contribution in [0.5, 0.6) is 11.5 Å². The van der Waals surface area contributed by atoms with Crippen molar-refractivity contribution in [3.8, 4) is 11.5 Å². The molecule has 11 nitrogen and oxygen atoms in total. The number of hydrogen-bond donors (Lipinski definition) is 3. The number of hydrogen-bond acceptors (Lipinski definition) is 8. The lowest BCUT2D eigenvalue weighted by atomic mass is 9.80. The number of aliphatic hydroxyl groups is 1. The SMILES string of the molecule is COCCCOc1cc([C@H]2[C@H](C(C)C)C[C@@H]([C@@](O)(CCC(C)C)C(=O)NCC(C)(C)C(N)=O)N2C(=O)OC(C)(C)C)ccc1OC. The van der Waals surface area contributed by atoms with Crippen LogP contribution in [0.2, 0.25) is 0 Å². The highest BCUT2D eigenvalue weighted by atomic mass is 16.6. The van der Waals surface area contributed by atoms with Crippen LogP contribution in [0.15, 0.2) is 18.2 Å². The summed E-state index contributed by atoms with van der Waals surface area (Å²) in [6.45, 7) is 17.7. The molecule has 0 saturated carbocycles. The molecule has 1 aliphatic rings. The molecule has 3 amide bonds. The van der Waals surface area contributed by atoms with E-state index < -0.39 is 46.6 Å². The second-order valence-electron chi connectivity index (χ2n) is 14.9. The molecular weight excluding hydrogens is 590 g/mol. The van der Waals surface area contributed by atoms with E-state index in [9.17, 15) is 19.5 Å². The highest BCUT2D eigenvalue weighted by Gasteiger charge is 2.57. The minimum absolute atomic E-state index is 0.0659. The maximum Gasteiger partial charge on any atom is 0.411 e. The summed E-state index contributed by atoms with van der Waals surface area (Å²) in [6, 6.07) is 4.09. The number of carbonyl (C=O) groups excluding carboxylic acids is 3. The second kappa shape index (κ2) is 16.2. The largest absolute Gasteiger partial charge is 0.493 e. The van der Waals surface area contributed by atoms with Gasteiger partial charge in [-0.1, -0.05) is 33.8 Å². The van der Waals surface area contributed by atoms with Crippen molar-refractivity contribution in [3.05, 3.63) is 23.8 Å². The predicted octanol–water partition coefficient (Wildman–Crippen LogP) is 5.23. The Morgan fingerprint density at radius 3 is 2.22 bits per heavy atom. The zero-order valence-corrected chi connectivity index (χ0v) is 29.9. The van der Waals surface area contributed by atoms with Crippen molar-refractivity contribution in [2.45, 2.75) is 111 Å². The summed E-state index contributed by atoms with van der Waals surface area (Å²) >= 11 is 0. The summed E-state index contributed by atoms with van der Waals surface area (Å²) in [7, 11) is 3.20. The van der Waals surface area contributed by atoms with Crippen LogP contribution in [-0.2, 0) is 19.1 Å². The Morgan fingerprint density at radius 1 is 1.04 bits per heavy atom. The van der Waals surface area contributed by atoms with E-state index in [0.29, 0.717) is 44.0 Å². The van der Waals surface area contributed by atoms with Gasteiger partial charge in [0, 0.05) is 26.7 Å². The fraction of sp³-hybridized carbons (Fsp3) is 0.743.